The summed E-state index contributed by atoms with van der Waals surface area (Å²) in [5.74, 6) is 2.80. The van der Waals surface area contributed by atoms with Crippen molar-refractivity contribution < 1.29 is 0 Å². The molecule has 1 saturated carbocycles. The maximum atomic E-state index is 5.94. The summed E-state index contributed by atoms with van der Waals surface area (Å²) in [5.41, 5.74) is 5.94. The molecular formula is C14H29N. The van der Waals surface area contributed by atoms with Gasteiger partial charge in [0.1, 0.15) is 0 Å². The zero-order chi connectivity index (χ0) is 11.3. The van der Waals surface area contributed by atoms with Crippen LogP contribution in [0.2, 0.25) is 0 Å². The standard InChI is InChI=1S/C14H29N/c1-4-11(2)5-6-12(3)13-7-9-14(15)10-8-13/h11-14H,4-10,15H2,1-3H3. The maximum Gasteiger partial charge on any atom is 0.00390 e. The van der Waals surface area contributed by atoms with Crippen LogP contribution in [-0.4, -0.2) is 6.04 Å². The molecule has 15 heavy (non-hydrogen) atoms. The van der Waals surface area contributed by atoms with Crippen molar-refractivity contribution >= 4 is 0 Å². The summed E-state index contributed by atoms with van der Waals surface area (Å²) >= 11 is 0. The fourth-order valence-electron chi connectivity index (χ4n) is 2.70. The Labute approximate surface area is 95.8 Å². The second kappa shape index (κ2) is 6.52. The van der Waals surface area contributed by atoms with Crippen molar-refractivity contribution in [2.45, 2.75) is 71.8 Å². The molecule has 0 spiro atoms. The van der Waals surface area contributed by atoms with Gasteiger partial charge in [-0.3, -0.25) is 0 Å². The summed E-state index contributed by atoms with van der Waals surface area (Å²) in [6, 6.07) is 0.503. The van der Waals surface area contributed by atoms with Gasteiger partial charge in [0, 0.05) is 6.04 Å². The van der Waals surface area contributed by atoms with Crippen LogP contribution in [0.15, 0.2) is 0 Å². The molecule has 1 rings (SSSR count). The maximum absolute atomic E-state index is 5.94. The molecule has 0 bridgehead atoms. The van der Waals surface area contributed by atoms with Gasteiger partial charge in [-0.1, -0.05) is 40.0 Å². The third kappa shape index (κ3) is 4.55. The zero-order valence-electron chi connectivity index (χ0n) is 10.8. The average Bonchev–Trinajstić information content (AvgIpc) is 2.26. The lowest BCUT2D eigenvalue weighted by Gasteiger charge is -2.31. The van der Waals surface area contributed by atoms with Crippen molar-refractivity contribution in [1.29, 1.82) is 0 Å². The lowest BCUT2D eigenvalue weighted by molar-refractivity contribution is 0.226. The van der Waals surface area contributed by atoms with Crippen LogP contribution < -0.4 is 5.73 Å². The fourth-order valence-corrected chi connectivity index (χ4v) is 2.70. The van der Waals surface area contributed by atoms with Crippen LogP contribution in [0.1, 0.15) is 65.7 Å². The van der Waals surface area contributed by atoms with Gasteiger partial charge in [-0.15, -0.1) is 0 Å². The first-order valence-electron chi connectivity index (χ1n) is 6.89. The van der Waals surface area contributed by atoms with Crippen molar-refractivity contribution in [3.05, 3.63) is 0 Å². The third-order valence-corrected chi connectivity index (χ3v) is 4.43. The van der Waals surface area contributed by atoms with Gasteiger partial charge in [0.05, 0.1) is 0 Å². The lowest BCUT2D eigenvalue weighted by Crippen LogP contribution is -2.29. The normalized spacial score (nSPS) is 31.2. The van der Waals surface area contributed by atoms with E-state index in [2.05, 4.69) is 20.8 Å². The molecule has 1 aliphatic carbocycles. The van der Waals surface area contributed by atoms with Crippen LogP contribution >= 0.6 is 0 Å². The van der Waals surface area contributed by atoms with Crippen molar-refractivity contribution in [2.24, 2.45) is 23.5 Å². The van der Waals surface area contributed by atoms with Crippen LogP contribution in [0.5, 0.6) is 0 Å². The number of hydrogen-bond donors (Lipinski definition) is 1. The highest BCUT2D eigenvalue weighted by atomic mass is 14.6. The Bertz CT molecular complexity index is 159. The Balaban J connectivity index is 2.19. The summed E-state index contributed by atoms with van der Waals surface area (Å²) < 4.78 is 0. The molecule has 0 aromatic carbocycles. The monoisotopic (exact) mass is 211 g/mol. The molecule has 2 N–H and O–H groups in total. The molecular weight excluding hydrogens is 182 g/mol. The minimum Gasteiger partial charge on any atom is -0.328 e. The number of rotatable bonds is 5. The van der Waals surface area contributed by atoms with Crippen molar-refractivity contribution in [1.82, 2.24) is 0 Å². The van der Waals surface area contributed by atoms with E-state index in [1.807, 2.05) is 0 Å². The molecule has 1 heteroatoms. The lowest BCUT2D eigenvalue weighted by atomic mass is 9.77. The predicted molar refractivity (Wildman–Crippen MR) is 67.8 cm³/mol. The molecule has 2 atom stereocenters. The van der Waals surface area contributed by atoms with Crippen LogP contribution in [0, 0.1) is 17.8 Å². The van der Waals surface area contributed by atoms with Gasteiger partial charge in [0.15, 0.2) is 0 Å². The molecule has 1 aliphatic rings. The van der Waals surface area contributed by atoms with Gasteiger partial charge in [0.2, 0.25) is 0 Å². The van der Waals surface area contributed by atoms with Crippen molar-refractivity contribution in [3.8, 4) is 0 Å². The summed E-state index contributed by atoms with van der Waals surface area (Å²) in [5, 5.41) is 0. The Kier molecular flexibility index (Phi) is 5.66. The average molecular weight is 211 g/mol. The molecule has 0 heterocycles. The highest BCUT2D eigenvalue weighted by molar-refractivity contribution is 4.77. The fraction of sp³-hybridized carbons (Fsp3) is 1.00. The molecule has 0 aromatic rings. The Morgan fingerprint density at radius 3 is 2.20 bits per heavy atom. The quantitative estimate of drug-likeness (QED) is 0.731. The van der Waals surface area contributed by atoms with E-state index in [0.29, 0.717) is 6.04 Å². The van der Waals surface area contributed by atoms with E-state index < -0.39 is 0 Å². The highest BCUT2D eigenvalue weighted by Gasteiger charge is 2.23. The summed E-state index contributed by atoms with van der Waals surface area (Å²) in [4.78, 5) is 0. The van der Waals surface area contributed by atoms with Gasteiger partial charge < -0.3 is 5.73 Å². The second-order valence-corrected chi connectivity index (χ2v) is 5.74. The van der Waals surface area contributed by atoms with Gasteiger partial charge in [-0.2, -0.15) is 0 Å². The smallest absolute Gasteiger partial charge is 0.00390 e. The van der Waals surface area contributed by atoms with Gasteiger partial charge in [0.25, 0.3) is 0 Å². The van der Waals surface area contributed by atoms with Crippen LogP contribution in [0.4, 0.5) is 0 Å². The Morgan fingerprint density at radius 1 is 1.07 bits per heavy atom. The van der Waals surface area contributed by atoms with Crippen LogP contribution in [0.25, 0.3) is 0 Å². The summed E-state index contributed by atoms with van der Waals surface area (Å²) in [6.45, 7) is 7.13. The molecule has 0 amide bonds. The van der Waals surface area contributed by atoms with E-state index in [-0.39, 0.29) is 0 Å². The predicted octanol–water partition coefficient (Wildman–Crippen LogP) is 3.97. The van der Waals surface area contributed by atoms with Gasteiger partial charge in [-0.05, 0) is 43.4 Å². The molecule has 0 radical (unpaired) electrons. The SMILES string of the molecule is CCC(C)CCC(C)C1CCC(N)CC1. The largest absolute Gasteiger partial charge is 0.328 e. The molecule has 1 fully saturated rings. The van der Waals surface area contributed by atoms with E-state index in [1.165, 1.54) is 44.9 Å². The van der Waals surface area contributed by atoms with Crippen molar-refractivity contribution in [2.75, 3.05) is 0 Å². The molecule has 0 aromatic heterocycles. The first-order valence-corrected chi connectivity index (χ1v) is 6.89. The molecule has 2 unspecified atom stereocenters. The Morgan fingerprint density at radius 2 is 1.67 bits per heavy atom. The topological polar surface area (TPSA) is 26.0 Å². The molecule has 0 aliphatic heterocycles. The first-order chi connectivity index (χ1) is 7.13. The van der Waals surface area contributed by atoms with Crippen LogP contribution in [0.3, 0.4) is 0 Å². The summed E-state index contributed by atoms with van der Waals surface area (Å²) in [7, 11) is 0. The van der Waals surface area contributed by atoms with Crippen molar-refractivity contribution in [3.63, 3.8) is 0 Å². The third-order valence-electron chi connectivity index (χ3n) is 4.43. The second-order valence-electron chi connectivity index (χ2n) is 5.74. The van der Waals surface area contributed by atoms with E-state index in [9.17, 15) is 0 Å². The first kappa shape index (κ1) is 13.0. The van der Waals surface area contributed by atoms with Gasteiger partial charge >= 0.3 is 0 Å². The highest BCUT2D eigenvalue weighted by Crippen LogP contribution is 2.32. The zero-order valence-corrected chi connectivity index (χ0v) is 10.8. The van der Waals surface area contributed by atoms with E-state index in [1.54, 1.807) is 0 Å². The van der Waals surface area contributed by atoms with Gasteiger partial charge in [-0.25, -0.2) is 0 Å². The minimum absolute atomic E-state index is 0.503. The Hall–Kier alpha value is -0.0400. The minimum atomic E-state index is 0.503. The molecule has 0 saturated heterocycles. The van der Waals surface area contributed by atoms with E-state index in [4.69, 9.17) is 5.73 Å². The van der Waals surface area contributed by atoms with E-state index in [0.717, 1.165) is 17.8 Å². The number of hydrogen-bond acceptors (Lipinski definition) is 1. The number of nitrogens with two attached hydrogens (primary N) is 1. The molecule has 1 nitrogen and oxygen atoms in total. The van der Waals surface area contributed by atoms with Crippen LogP contribution in [-0.2, 0) is 0 Å². The molecule has 90 valence electrons. The van der Waals surface area contributed by atoms with E-state index >= 15 is 0 Å². The summed E-state index contributed by atoms with van der Waals surface area (Å²) in [6.07, 6.45) is 9.46.